The normalized spacial score (nSPS) is 10.5. The van der Waals surface area contributed by atoms with Gasteiger partial charge in [0, 0.05) is 29.4 Å². The van der Waals surface area contributed by atoms with E-state index >= 15 is 0 Å². The highest BCUT2D eigenvalue weighted by atomic mass is 35.5. The van der Waals surface area contributed by atoms with Crippen molar-refractivity contribution in [1.82, 2.24) is 10.2 Å². The minimum atomic E-state index is -0.325. The smallest absolute Gasteiger partial charge is 0.273 e. The number of anilines is 1. The first-order valence-corrected chi connectivity index (χ1v) is 8.91. The molecule has 3 rings (SSSR count). The van der Waals surface area contributed by atoms with Crippen molar-refractivity contribution in [2.45, 2.75) is 0 Å². The molecule has 0 spiro atoms. The van der Waals surface area contributed by atoms with Gasteiger partial charge in [-0.05, 0) is 30.3 Å². The number of carbonyl (C=O) groups excluding carboxylic acids is 1. The van der Waals surface area contributed by atoms with Gasteiger partial charge in [0.1, 0.15) is 12.3 Å². The van der Waals surface area contributed by atoms with Gasteiger partial charge in [-0.1, -0.05) is 23.7 Å². The lowest BCUT2D eigenvalue weighted by Gasteiger charge is -2.12. The minimum Gasteiger partial charge on any atom is -0.493 e. The topological polar surface area (TPSA) is 85.5 Å². The molecular formula is C20H20ClN3O4. The number of H-pyrrole nitrogens is 1. The Morgan fingerprint density at radius 3 is 2.71 bits per heavy atom. The maximum Gasteiger partial charge on any atom is 0.273 e. The molecule has 7 nitrogen and oxygen atoms in total. The number of nitrogens with one attached hydrogen (secondary N) is 2. The fraction of sp³-hybridized carbons (Fsp3) is 0.200. The van der Waals surface area contributed by atoms with Crippen LogP contribution in [0.15, 0.2) is 48.5 Å². The van der Waals surface area contributed by atoms with Gasteiger partial charge in [0.15, 0.2) is 11.5 Å². The maximum atomic E-state index is 12.6. The molecule has 0 atom stereocenters. The van der Waals surface area contributed by atoms with Gasteiger partial charge >= 0.3 is 0 Å². The van der Waals surface area contributed by atoms with Crippen molar-refractivity contribution in [1.29, 1.82) is 0 Å². The lowest BCUT2D eigenvalue weighted by Crippen LogP contribution is -2.13. The van der Waals surface area contributed by atoms with Crippen LogP contribution in [0.2, 0.25) is 5.02 Å². The first kappa shape index (κ1) is 19.7. The molecule has 0 fully saturated rings. The molecule has 146 valence electrons. The van der Waals surface area contributed by atoms with Crippen LogP contribution in [0.1, 0.15) is 10.5 Å². The fourth-order valence-corrected chi connectivity index (χ4v) is 2.72. The number of aromatic nitrogens is 2. The van der Waals surface area contributed by atoms with Crippen LogP contribution in [0, 0.1) is 0 Å². The van der Waals surface area contributed by atoms with Crippen molar-refractivity contribution < 1.29 is 19.0 Å². The molecule has 1 amide bonds. The van der Waals surface area contributed by atoms with E-state index in [4.69, 9.17) is 25.8 Å². The molecule has 0 unspecified atom stereocenters. The Kier molecular flexibility index (Phi) is 6.52. The molecule has 2 N–H and O–H groups in total. The highest BCUT2D eigenvalue weighted by molar-refractivity contribution is 6.30. The monoisotopic (exact) mass is 401 g/mol. The number of benzene rings is 2. The average Bonchev–Trinajstić information content (AvgIpc) is 3.19. The van der Waals surface area contributed by atoms with Gasteiger partial charge in [-0.25, -0.2) is 0 Å². The van der Waals surface area contributed by atoms with Crippen molar-refractivity contribution in [3.8, 4) is 22.8 Å². The predicted molar refractivity (Wildman–Crippen MR) is 107 cm³/mol. The summed E-state index contributed by atoms with van der Waals surface area (Å²) in [6, 6.07) is 14.1. The molecular weight excluding hydrogens is 382 g/mol. The zero-order valence-corrected chi connectivity index (χ0v) is 16.2. The number of nitrogens with zero attached hydrogens (tertiary/aromatic N) is 1. The van der Waals surface area contributed by atoms with E-state index in [1.165, 1.54) is 0 Å². The molecule has 3 aromatic rings. The highest BCUT2D eigenvalue weighted by Gasteiger charge is 2.13. The summed E-state index contributed by atoms with van der Waals surface area (Å²) >= 11 is 6.01. The molecule has 1 heterocycles. The molecule has 0 aliphatic heterocycles. The third kappa shape index (κ3) is 4.82. The Bertz CT molecular complexity index is 958. The van der Waals surface area contributed by atoms with Crippen molar-refractivity contribution in [3.05, 3.63) is 59.2 Å². The van der Waals surface area contributed by atoms with E-state index in [-0.39, 0.29) is 5.91 Å². The van der Waals surface area contributed by atoms with Crippen molar-refractivity contribution >= 4 is 23.2 Å². The summed E-state index contributed by atoms with van der Waals surface area (Å²) in [6.45, 7) is 0.813. The second-order valence-electron chi connectivity index (χ2n) is 5.84. The Morgan fingerprint density at radius 2 is 1.96 bits per heavy atom. The number of rotatable bonds is 8. The first-order valence-electron chi connectivity index (χ1n) is 8.53. The Labute approximate surface area is 167 Å². The van der Waals surface area contributed by atoms with Crippen LogP contribution in [0.3, 0.4) is 0 Å². The van der Waals surface area contributed by atoms with Crippen molar-refractivity contribution in [2.75, 3.05) is 32.8 Å². The van der Waals surface area contributed by atoms with Crippen molar-refractivity contribution in [2.24, 2.45) is 0 Å². The molecule has 0 bridgehead atoms. The molecule has 1 aromatic heterocycles. The zero-order chi connectivity index (χ0) is 19.9. The van der Waals surface area contributed by atoms with Crippen LogP contribution in [-0.2, 0) is 4.74 Å². The van der Waals surface area contributed by atoms with Crippen molar-refractivity contribution in [3.63, 3.8) is 0 Å². The highest BCUT2D eigenvalue weighted by Crippen LogP contribution is 2.30. The van der Waals surface area contributed by atoms with Gasteiger partial charge in [0.25, 0.3) is 5.91 Å². The largest absolute Gasteiger partial charge is 0.493 e. The Morgan fingerprint density at radius 1 is 1.11 bits per heavy atom. The molecule has 28 heavy (non-hydrogen) atoms. The first-order chi connectivity index (χ1) is 13.6. The number of methoxy groups -OCH3 is 2. The van der Waals surface area contributed by atoms with E-state index in [9.17, 15) is 4.79 Å². The minimum absolute atomic E-state index is 0.325. The second kappa shape index (κ2) is 9.25. The third-order valence-electron chi connectivity index (χ3n) is 3.91. The number of halogens is 1. The maximum absolute atomic E-state index is 12.6. The van der Waals surface area contributed by atoms with Crippen LogP contribution >= 0.6 is 11.6 Å². The van der Waals surface area contributed by atoms with Gasteiger partial charge < -0.3 is 19.5 Å². The van der Waals surface area contributed by atoms with E-state index in [2.05, 4.69) is 15.5 Å². The van der Waals surface area contributed by atoms with E-state index in [1.807, 2.05) is 12.1 Å². The van der Waals surface area contributed by atoms with Gasteiger partial charge in [0.2, 0.25) is 0 Å². The lowest BCUT2D eigenvalue weighted by atomic mass is 10.1. The summed E-state index contributed by atoms with van der Waals surface area (Å²) < 4.78 is 15.9. The van der Waals surface area contributed by atoms with Crippen LogP contribution in [0.4, 0.5) is 5.69 Å². The summed E-state index contributed by atoms with van der Waals surface area (Å²) in [6.07, 6.45) is 0. The number of ether oxygens (including phenoxy) is 3. The molecule has 0 aliphatic carbocycles. The van der Waals surface area contributed by atoms with Gasteiger partial charge in [-0.2, -0.15) is 5.10 Å². The average molecular weight is 402 g/mol. The second-order valence-corrected chi connectivity index (χ2v) is 6.27. The van der Waals surface area contributed by atoms with E-state index in [1.54, 1.807) is 50.6 Å². The molecule has 2 aromatic carbocycles. The molecule has 0 saturated heterocycles. The number of hydrogen-bond donors (Lipinski definition) is 2. The Hall–Kier alpha value is -3.03. The zero-order valence-electron chi connectivity index (χ0n) is 15.5. The summed E-state index contributed by atoms with van der Waals surface area (Å²) in [5.74, 6) is 0.759. The lowest BCUT2D eigenvalue weighted by molar-refractivity contribution is 0.102. The standard InChI is InChI=1S/C20H20ClN3O4/c1-26-8-9-28-19-11-15(6-7-18(19)27-2)22-20(25)17-12-16(23-24-17)13-4-3-5-14(21)10-13/h3-7,10-12H,8-9H2,1-2H3,(H,22,25)(H,23,24). The summed E-state index contributed by atoms with van der Waals surface area (Å²) in [5.41, 5.74) is 2.34. The van der Waals surface area contributed by atoms with E-state index in [0.29, 0.717) is 46.8 Å². The van der Waals surface area contributed by atoms with Crippen LogP contribution < -0.4 is 14.8 Å². The van der Waals surface area contributed by atoms with Crippen LogP contribution in [0.25, 0.3) is 11.3 Å². The number of hydrogen-bond acceptors (Lipinski definition) is 5. The van der Waals surface area contributed by atoms with Crippen LogP contribution in [-0.4, -0.2) is 43.5 Å². The molecule has 0 radical (unpaired) electrons. The van der Waals surface area contributed by atoms with Crippen LogP contribution in [0.5, 0.6) is 11.5 Å². The SMILES string of the molecule is COCCOc1cc(NC(=O)c2cc(-c3cccc(Cl)c3)n[nH]2)ccc1OC. The molecule has 8 heteroatoms. The summed E-state index contributed by atoms with van der Waals surface area (Å²) in [4.78, 5) is 12.6. The van der Waals surface area contributed by atoms with Gasteiger partial charge in [0.05, 0.1) is 19.4 Å². The number of carbonyl (C=O) groups is 1. The molecule has 0 aliphatic rings. The molecule has 0 saturated carbocycles. The van der Waals surface area contributed by atoms with Gasteiger partial charge in [-0.3, -0.25) is 9.89 Å². The van der Waals surface area contributed by atoms with Gasteiger partial charge in [-0.15, -0.1) is 0 Å². The number of aromatic amines is 1. The summed E-state index contributed by atoms with van der Waals surface area (Å²) in [7, 11) is 3.15. The quantitative estimate of drug-likeness (QED) is 0.557. The predicted octanol–water partition coefficient (Wildman–Crippen LogP) is 4.02. The fourth-order valence-electron chi connectivity index (χ4n) is 2.53. The number of amides is 1. The van der Waals surface area contributed by atoms with E-state index in [0.717, 1.165) is 5.56 Å². The third-order valence-corrected chi connectivity index (χ3v) is 4.14. The summed E-state index contributed by atoms with van der Waals surface area (Å²) in [5, 5.41) is 10.3. The van der Waals surface area contributed by atoms with E-state index < -0.39 is 0 Å². The Balaban J connectivity index is 1.73.